The van der Waals surface area contributed by atoms with E-state index in [2.05, 4.69) is 4.98 Å². The lowest BCUT2D eigenvalue weighted by Gasteiger charge is -2.19. The summed E-state index contributed by atoms with van der Waals surface area (Å²) in [5.74, 6) is 0.328. The van der Waals surface area contributed by atoms with Crippen LogP contribution in [0.5, 0.6) is 5.75 Å². The number of phenols is 1. The number of hydrogen-bond acceptors (Lipinski definition) is 5. The van der Waals surface area contributed by atoms with Crippen LogP contribution in [-0.2, 0) is 6.42 Å². The van der Waals surface area contributed by atoms with Crippen LogP contribution in [0.15, 0.2) is 65.6 Å². The molecule has 0 fully saturated rings. The average molecular weight is 436 g/mol. The molecule has 158 valence electrons. The van der Waals surface area contributed by atoms with Gasteiger partial charge in [0, 0.05) is 34.8 Å². The molecule has 4 aromatic rings. The van der Waals surface area contributed by atoms with Crippen molar-refractivity contribution in [1.29, 1.82) is 0 Å². The second-order valence-corrected chi connectivity index (χ2v) is 8.11. The van der Waals surface area contributed by atoms with Crippen molar-refractivity contribution in [2.75, 3.05) is 0 Å². The predicted octanol–water partition coefficient (Wildman–Crippen LogP) is 4.54. The van der Waals surface area contributed by atoms with Crippen LogP contribution >= 0.6 is 11.6 Å². The summed E-state index contributed by atoms with van der Waals surface area (Å²) in [6.45, 7) is 3.87. The lowest BCUT2D eigenvalue weighted by atomic mass is 9.99. The van der Waals surface area contributed by atoms with Crippen LogP contribution in [0.4, 0.5) is 0 Å². The zero-order valence-corrected chi connectivity index (χ0v) is 17.9. The van der Waals surface area contributed by atoms with E-state index in [9.17, 15) is 15.0 Å². The molecule has 2 heterocycles. The second kappa shape index (κ2) is 8.49. The first-order chi connectivity index (χ1) is 14.9. The largest absolute Gasteiger partial charge is 0.507 e. The van der Waals surface area contributed by atoms with Crippen molar-refractivity contribution in [3.8, 4) is 11.4 Å². The van der Waals surface area contributed by atoms with E-state index in [-0.39, 0.29) is 29.2 Å². The van der Waals surface area contributed by atoms with Gasteiger partial charge < -0.3 is 10.2 Å². The van der Waals surface area contributed by atoms with Crippen LogP contribution in [0.25, 0.3) is 16.6 Å². The van der Waals surface area contributed by atoms with Gasteiger partial charge in [-0.3, -0.25) is 14.3 Å². The third kappa shape index (κ3) is 4.04. The molecule has 0 saturated carbocycles. The minimum atomic E-state index is -1.07. The smallest absolute Gasteiger partial charge is 0.265 e. The molecule has 1 atom stereocenters. The van der Waals surface area contributed by atoms with Gasteiger partial charge in [-0.2, -0.15) is 0 Å². The van der Waals surface area contributed by atoms with E-state index >= 15 is 0 Å². The van der Waals surface area contributed by atoms with Gasteiger partial charge in [-0.05, 0) is 48.5 Å². The first-order valence-electron chi connectivity index (χ1n) is 9.99. The van der Waals surface area contributed by atoms with Crippen LogP contribution in [0.1, 0.15) is 43.0 Å². The Balaban J connectivity index is 1.94. The Morgan fingerprint density at radius 1 is 1.06 bits per heavy atom. The number of aromatic hydroxyl groups is 1. The van der Waals surface area contributed by atoms with Gasteiger partial charge in [0.2, 0.25) is 0 Å². The van der Waals surface area contributed by atoms with Crippen LogP contribution in [0.2, 0.25) is 5.02 Å². The van der Waals surface area contributed by atoms with Gasteiger partial charge in [0.05, 0.1) is 22.7 Å². The van der Waals surface area contributed by atoms with Gasteiger partial charge in [0.1, 0.15) is 11.6 Å². The Hall–Kier alpha value is -3.22. The standard InChI is InChI=1S/C24H22ClN3O3/c1-14(2)23-27-22-18(24(31)28(23)17-8-6-15(25)7-9-17)10-11-19(29)21(22)20(30)13-16-5-3-4-12-26-16/h3-12,14,20,29-30H,13H2,1-2H3. The number of hydrogen-bond donors (Lipinski definition) is 2. The van der Waals surface area contributed by atoms with Gasteiger partial charge in [0.15, 0.2) is 0 Å². The van der Waals surface area contributed by atoms with Crippen LogP contribution < -0.4 is 5.56 Å². The summed E-state index contributed by atoms with van der Waals surface area (Å²) in [6, 6.07) is 15.3. The first-order valence-corrected chi connectivity index (χ1v) is 10.4. The lowest BCUT2D eigenvalue weighted by Crippen LogP contribution is -2.25. The maximum absolute atomic E-state index is 13.5. The molecule has 0 radical (unpaired) electrons. The van der Waals surface area contributed by atoms with Gasteiger partial charge in [-0.25, -0.2) is 4.98 Å². The molecule has 2 aromatic carbocycles. The SMILES string of the molecule is CC(C)c1nc2c(C(O)Cc3ccccn3)c(O)ccc2c(=O)n1-c1ccc(Cl)cc1. The first kappa shape index (κ1) is 21.0. The number of pyridine rings is 1. The van der Waals surface area contributed by atoms with E-state index in [1.54, 1.807) is 47.2 Å². The summed E-state index contributed by atoms with van der Waals surface area (Å²) in [6.07, 6.45) is 0.758. The molecule has 2 N–H and O–H groups in total. The monoisotopic (exact) mass is 435 g/mol. The topological polar surface area (TPSA) is 88.2 Å². The van der Waals surface area contributed by atoms with Crippen molar-refractivity contribution in [1.82, 2.24) is 14.5 Å². The van der Waals surface area contributed by atoms with E-state index in [0.717, 1.165) is 0 Å². The molecule has 0 spiro atoms. The van der Waals surface area contributed by atoms with E-state index in [1.165, 1.54) is 12.1 Å². The number of aliphatic hydroxyl groups is 1. The number of phenolic OH excluding ortho intramolecular Hbond substituents is 1. The Bertz CT molecular complexity index is 1290. The van der Waals surface area contributed by atoms with E-state index < -0.39 is 6.10 Å². The zero-order chi connectivity index (χ0) is 22.1. The summed E-state index contributed by atoms with van der Waals surface area (Å²) >= 11 is 6.01. The molecule has 0 amide bonds. The van der Waals surface area contributed by atoms with Crippen LogP contribution in [-0.4, -0.2) is 24.7 Å². The average Bonchev–Trinajstić information content (AvgIpc) is 2.74. The van der Waals surface area contributed by atoms with Gasteiger partial charge >= 0.3 is 0 Å². The molecule has 4 rings (SSSR count). The number of benzene rings is 2. The lowest BCUT2D eigenvalue weighted by molar-refractivity contribution is 0.174. The molecule has 1 unspecified atom stereocenters. The minimum Gasteiger partial charge on any atom is -0.507 e. The highest BCUT2D eigenvalue weighted by molar-refractivity contribution is 6.30. The normalized spacial score (nSPS) is 12.4. The highest BCUT2D eigenvalue weighted by Gasteiger charge is 2.23. The fourth-order valence-corrected chi connectivity index (χ4v) is 3.78. The number of aliphatic hydroxyl groups excluding tert-OH is 1. The Labute approximate surface area is 184 Å². The molecule has 0 saturated heterocycles. The number of nitrogens with zero attached hydrogens (tertiary/aromatic N) is 3. The highest BCUT2D eigenvalue weighted by Crippen LogP contribution is 2.33. The summed E-state index contributed by atoms with van der Waals surface area (Å²) in [4.78, 5) is 22.5. The number of fused-ring (bicyclic) bond motifs is 1. The minimum absolute atomic E-state index is 0.0871. The van der Waals surface area contributed by atoms with Crippen molar-refractivity contribution >= 4 is 22.5 Å². The fraction of sp³-hybridized carbons (Fsp3) is 0.208. The van der Waals surface area contributed by atoms with Crippen LogP contribution in [0.3, 0.4) is 0 Å². The molecule has 6 nitrogen and oxygen atoms in total. The fourth-order valence-electron chi connectivity index (χ4n) is 3.65. The predicted molar refractivity (Wildman–Crippen MR) is 121 cm³/mol. The molecule has 31 heavy (non-hydrogen) atoms. The van der Waals surface area contributed by atoms with E-state index in [4.69, 9.17) is 16.6 Å². The van der Waals surface area contributed by atoms with Gasteiger partial charge in [0.25, 0.3) is 5.56 Å². The van der Waals surface area contributed by atoms with Crippen molar-refractivity contribution in [2.45, 2.75) is 32.3 Å². The third-order valence-electron chi connectivity index (χ3n) is 5.15. The quantitative estimate of drug-likeness (QED) is 0.480. The Kier molecular flexibility index (Phi) is 5.76. The number of aromatic nitrogens is 3. The summed E-state index contributed by atoms with van der Waals surface area (Å²) in [5, 5.41) is 22.4. The molecule has 2 aromatic heterocycles. The maximum Gasteiger partial charge on any atom is 0.265 e. The maximum atomic E-state index is 13.5. The third-order valence-corrected chi connectivity index (χ3v) is 5.40. The van der Waals surface area contributed by atoms with Gasteiger partial charge in [-0.1, -0.05) is 31.5 Å². The Morgan fingerprint density at radius 3 is 2.45 bits per heavy atom. The Morgan fingerprint density at radius 2 is 1.81 bits per heavy atom. The molecular weight excluding hydrogens is 414 g/mol. The summed E-state index contributed by atoms with van der Waals surface area (Å²) in [7, 11) is 0. The second-order valence-electron chi connectivity index (χ2n) is 7.68. The number of rotatable bonds is 5. The molecular formula is C24H22ClN3O3. The molecule has 7 heteroatoms. The zero-order valence-electron chi connectivity index (χ0n) is 17.2. The summed E-state index contributed by atoms with van der Waals surface area (Å²) < 4.78 is 1.55. The van der Waals surface area contributed by atoms with Crippen molar-refractivity contribution in [3.05, 3.63) is 93.3 Å². The molecule has 0 aliphatic heterocycles. The van der Waals surface area contributed by atoms with Crippen molar-refractivity contribution < 1.29 is 10.2 Å². The molecule has 0 aliphatic rings. The van der Waals surface area contributed by atoms with Crippen molar-refractivity contribution in [2.24, 2.45) is 0 Å². The van der Waals surface area contributed by atoms with E-state index in [0.29, 0.717) is 33.1 Å². The molecule has 0 aliphatic carbocycles. The number of halogens is 1. The summed E-state index contributed by atoms with van der Waals surface area (Å²) in [5.41, 5.74) is 1.57. The van der Waals surface area contributed by atoms with Crippen molar-refractivity contribution in [3.63, 3.8) is 0 Å². The van der Waals surface area contributed by atoms with Gasteiger partial charge in [-0.15, -0.1) is 0 Å². The van der Waals surface area contributed by atoms with E-state index in [1.807, 2.05) is 19.9 Å². The van der Waals surface area contributed by atoms with Crippen LogP contribution in [0, 0.1) is 0 Å². The molecule has 0 bridgehead atoms. The highest BCUT2D eigenvalue weighted by atomic mass is 35.5.